The third-order valence-electron chi connectivity index (χ3n) is 3.37. The second kappa shape index (κ2) is 7.11. The van der Waals surface area contributed by atoms with Crippen molar-refractivity contribution in [2.24, 2.45) is 0 Å². The Morgan fingerprint density at radius 1 is 1.05 bits per heavy atom. The normalized spacial score (nSPS) is 13.6. The first-order valence-corrected chi connectivity index (χ1v) is 6.78. The first-order valence-electron chi connectivity index (χ1n) is 6.78. The van der Waals surface area contributed by atoms with Crippen molar-refractivity contribution >= 4 is 5.97 Å². The largest absolute Gasteiger partial charge is 0.478 e. The fourth-order valence-corrected chi connectivity index (χ4v) is 2.21. The number of halogens is 3. The molecule has 0 saturated heterocycles. The molecule has 2 aromatic rings. The van der Waals surface area contributed by atoms with Gasteiger partial charge in [0.2, 0.25) is 0 Å². The van der Waals surface area contributed by atoms with Gasteiger partial charge in [-0.3, -0.25) is 0 Å². The minimum absolute atomic E-state index is 0.00607. The van der Waals surface area contributed by atoms with Crippen molar-refractivity contribution in [3.8, 4) is 11.1 Å². The van der Waals surface area contributed by atoms with Gasteiger partial charge in [0.1, 0.15) is 12.8 Å². The Balaban J connectivity index is 2.34. The van der Waals surface area contributed by atoms with Crippen molar-refractivity contribution < 1.29 is 23.1 Å². The van der Waals surface area contributed by atoms with Crippen LogP contribution >= 0.6 is 0 Å². The molecule has 116 valence electrons. The van der Waals surface area contributed by atoms with Crippen molar-refractivity contribution in [1.29, 1.82) is 0 Å². The van der Waals surface area contributed by atoms with E-state index in [0.29, 0.717) is 11.1 Å². The first-order chi connectivity index (χ1) is 10.5. The van der Waals surface area contributed by atoms with Crippen LogP contribution in [0.1, 0.15) is 15.9 Å². The maximum absolute atomic E-state index is 13.5. The van der Waals surface area contributed by atoms with Crippen LogP contribution in [0.15, 0.2) is 48.5 Å². The molecule has 0 aromatic heterocycles. The molecule has 0 aliphatic carbocycles. The number of rotatable bonds is 6. The van der Waals surface area contributed by atoms with Crippen LogP contribution in [0.4, 0.5) is 13.2 Å². The molecule has 0 radical (unpaired) electrons. The van der Waals surface area contributed by atoms with Crippen LogP contribution in [0.3, 0.4) is 0 Å². The Bertz CT molecular complexity index is 644. The first kappa shape index (κ1) is 16.1. The molecule has 1 N–H and O–H groups in total. The number of carbonyl (C=O) groups is 1. The smallest absolute Gasteiger partial charge is 0.336 e. The monoisotopic (exact) mass is 308 g/mol. The van der Waals surface area contributed by atoms with Gasteiger partial charge in [-0.2, -0.15) is 0 Å². The van der Waals surface area contributed by atoms with E-state index >= 15 is 0 Å². The van der Waals surface area contributed by atoms with Crippen LogP contribution in [0, 0.1) is 0 Å². The van der Waals surface area contributed by atoms with Crippen molar-refractivity contribution in [3.63, 3.8) is 0 Å². The molecule has 2 atom stereocenters. The molecule has 5 heteroatoms. The number of benzene rings is 2. The summed E-state index contributed by atoms with van der Waals surface area (Å²) in [5.74, 6) is -1.15. The lowest BCUT2D eigenvalue weighted by Crippen LogP contribution is -2.21. The topological polar surface area (TPSA) is 37.3 Å². The summed E-state index contributed by atoms with van der Waals surface area (Å²) in [6.45, 7) is -1.39. The maximum atomic E-state index is 13.5. The van der Waals surface area contributed by atoms with Crippen molar-refractivity contribution in [3.05, 3.63) is 59.7 Å². The number of carboxylic acid groups (broad SMARTS) is 1. The highest BCUT2D eigenvalue weighted by Gasteiger charge is 2.21. The molecule has 0 aliphatic rings. The van der Waals surface area contributed by atoms with Crippen LogP contribution in [-0.4, -0.2) is 30.1 Å². The van der Waals surface area contributed by atoms with E-state index in [2.05, 4.69) is 0 Å². The van der Waals surface area contributed by atoms with Crippen LogP contribution < -0.4 is 0 Å². The minimum atomic E-state index is -2.19. The maximum Gasteiger partial charge on any atom is 0.336 e. The summed E-state index contributed by atoms with van der Waals surface area (Å²) < 4.78 is 38.5. The standard InChI is InChI=1S/C17H15F3O2/c18-10-16(20)15(19)9-11-6-7-13(14(8-11)17(21)22)12-4-2-1-3-5-12/h1-8,15-16H,9-10H2,(H,21,22). The van der Waals surface area contributed by atoms with Crippen molar-refractivity contribution in [1.82, 2.24) is 0 Å². The Labute approximate surface area is 126 Å². The van der Waals surface area contributed by atoms with E-state index in [1.165, 1.54) is 12.1 Å². The van der Waals surface area contributed by atoms with E-state index in [1.807, 2.05) is 6.07 Å². The van der Waals surface area contributed by atoms with E-state index < -0.39 is 25.0 Å². The van der Waals surface area contributed by atoms with Gasteiger partial charge in [-0.25, -0.2) is 18.0 Å². The van der Waals surface area contributed by atoms with Crippen molar-refractivity contribution in [2.45, 2.75) is 18.8 Å². The Morgan fingerprint density at radius 3 is 2.32 bits per heavy atom. The molecule has 0 spiro atoms. The zero-order chi connectivity index (χ0) is 16.1. The molecule has 2 rings (SSSR count). The van der Waals surface area contributed by atoms with Gasteiger partial charge in [0.15, 0.2) is 6.17 Å². The third kappa shape index (κ3) is 3.67. The molecule has 0 bridgehead atoms. The average molecular weight is 308 g/mol. The van der Waals surface area contributed by atoms with Crippen LogP contribution in [0.5, 0.6) is 0 Å². The van der Waals surface area contributed by atoms with Gasteiger partial charge in [-0.15, -0.1) is 0 Å². The highest BCUT2D eigenvalue weighted by molar-refractivity contribution is 5.96. The van der Waals surface area contributed by atoms with Crippen LogP contribution in [0.2, 0.25) is 0 Å². The Kier molecular flexibility index (Phi) is 5.20. The predicted octanol–water partition coefficient (Wildman–Crippen LogP) is 4.24. The van der Waals surface area contributed by atoms with Crippen LogP contribution in [-0.2, 0) is 6.42 Å². The number of hydrogen-bond acceptors (Lipinski definition) is 1. The Hall–Kier alpha value is -2.30. The van der Waals surface area contributed by atoms with Gasteiger partial charge in [0.05, 0.1) is 5.56 Å². The summed E-state index contributed by atoms with van der Waals surface area (Å²) in [5.41, 5.74) is 1.54. The van der Waals surface area contributed by atoms with Crippen molar-refractivity contribution in [2.75, 3.05) is 6.67 Å². The van der Waals surface area contributed by atoms with Crippen LogP contribution in [0.25, 0.3) is 11.1 Å². The predicted molar refractivity (Wildman–Crippen MR) is 78.3 cm³/mol. The summed E-state index contributed by atoms with van der Waals surface area (Å²) in [4.78, 5) is 11.4. The van der Waals surface area contributed by atoms with E-state index in [1.54, 1.807) is 30.3 Å². The average Bonchev–Trinajstić information content (AvgIpc) is 2.54. The Morgan fingerprint density at radius 2 is 1.73 bits per heavy atom. The lowest BCUT2D eigenvalue weighted by Gasteiger charge is -2.13. The molecule has 2 aromatic carbocycles. The quantitative estimate of drug-likeness (QED) is 0.866. The SMILES string of the molecule is O=C(O)c1cc(CC(F)C(F)CF)ccc1-c1ccccc1. The van der Waals surface area contributed by atoms with E-state index in [4.69, 9.17) is 0 Å². The summed E-state index contributed by atoms with van der Waals surface area (Å²) >= 11 is 0. The highest BCUT2D eigenvalue weighted by atomic mass is 19.2. The molecule has 2 unspecified atom stereocenters. The van der Waals surface area contributed by atoms with Gasteiger partial charge in [0.25, 0.3) is 0 Å². The molecule has 22 heavy (non-hydrogen) atoms. The molecule has 0 heterocycles. The van der Waals surface area contributed by atoms with E-state index in [0.717, 1.165) is 5.56 Å². The summed E-state index contributed by atoms with van der Waals surface area (Å²) in [6.07, 6.45) is -4.54. The molecule has 2 nitrogen and oxygen atoms in total. The zero-order valence-corrected chi connectivity index (χ0v) is 11.7. The zero-order valence-electron chi connectivity index (χ0n) is 11.7. The summed E-state index contributed by atoms with van der Waals surface area (Å²) in [7, 11) is 0. The third-order valence-corrected chi connectivity index (χ3v) is 3.37. The number of aromatic carboxylic acids is 1. The summed E-state index contributed by atoms with van der Waals surface area (Å²) in [6, 6.07) is 13.3. The summed E-state index contributed by atoms with van der Waals surface area (Å²) in [5, 5.41) is 9.31. The number of hydrogen-bond donors (Lipinski definition) is 1. The molecular formula is C17H15F3O2. The highest BCUT2D eigenvalue weighted by Crippen LogP contribution is 2.26. The molecular weight excluding hydrogens is 293 g/mol. The second-order valence-corrected chi connectivity index (χ2v) is 4.94. The number of alkyl halides is 3. The van der Waals surface area contributed by atoms with E-state index in [9.17, 15) is 23.1 Å². The second-order valence-electron chi connectivity index (χ2n) is 4.94. The molecule has 0 fully saturated rings. The molecule has 0 aliphatic heterocycles. The van der Waals surface area contributed by atoms with Gasteiger partial charge in [-0.1, -0.05) is 42.5 Å². The van der Waals surface area contributed by atoms with E-state index in [-0.39, 0.29) is 12.0 Å². The fourth-order valence-electron chi connectivity index (χ4n) is 2.21. The fraction of sp³-hybridized carbons (Fsp3) is 0.235. The minimum Gasteiger partial charge on any atom is -0.478 e. The van der Waals surface area contributed by atoms with Gasteiger partial charge < -0.3 is 5.11 Å². The van der Waals surface area contributed by atoms with Gasteiger partial charge >= 0.3 is 5.97 Å². The lowest BCUT2D eigenvalue weighted by molar-refractivity contribution is 0.0697. The van der Waals surface area contributed by atoms with Gasteiger partial charge in [-0.05, 0) is 22.8 Å². The molecule has 0 amide bonds. The number of carboxylic acids is 1. The molecule has 0 saturated carbocycles. The van der Waals surface area contributed by atoms with Gasteiger partial charge in [0, 0.05) is 6.42 Å². The lowest BCUT2D eigenvalue weighted by atomic mass is 9.95.